The maximum atomic E-state index is 12.3. The lowest BCUT2D eigenvalue weighted by Gasteiger charge is -2.13. The Morgan fingerprint density at radius 2 is 0.771 bits per heavy atom. The van der Waals surface area contributed by atoms with Crippen LogP contribution in [0.2, 0.25) is 0 Å². The molecule has 1 aliphatic rings. The molecule has 2 amide bonds. The SMILES string of the molecule is O=C(OCCOCCOCCOCCOCCOCCOCCOCCOCCN1C(=O)c2ccccc2C1=O)C(=O)c1ccccc1. The lowest BCUT2D eigenvalue weighted by atomic mass is 10.1. The fourth-order valence-corrected chi connectivity index (χ4v) is 4.21. The molecule has 0 N–H and O–H groups in total. The van der Waals surface area contributed by atoms with Crippen molar-refractivity contribution in [3.05, 3.63) is 71.3 Å². The molecule has 14 nitrogen and oxygen atoms in total. The van der Waals surface area contributed by atoms with Crippen LogP contribution in [0.3, 0.4) is 0 Å². The Labute approximate surface area is 280 Å². The molecule has 0 saturated carbocycles. The molecular weight excluding hydrogens is 630 g/mol. The Morgan fingerprint density at radius 1 is 0.438 bits per heavy atom. The van der Waals surface area contributed by atoms with Crippen LogP contribution in [-0.4, -0.2) is 147 Å². The molecule has 0 saturated heterocycles. The first-order chi connectivity index (χ1) is 23.6. The molecule has 0 atom stereocenters. The molecule has 2 aromatic carbocycles. The van der Waals surface area contributed by atoms with Crippen molar-refractivity contribution in [2.24, 2.45) is 0 Å². The lowest BCUT2D eigenvalue weighted by Crippen LogP contribution is -2.33. The number of amides is 2. The molecule has 264 valence electrons. The molecule has 0 aromatic heterocycles. The monoisotopic (exact) mass is 675 g/mol. The number of nitrogens with zero attached hydrogens (tertiary/aromatic N) is 1. The number of imide groups is 1. The number of rotatable bonds is 29. The predicted octanol–water partition coefficient (Wildman–Crippen LogP) is 1.84. The van der Waals surface area contributed by atoms with Crippen molar-refractivity contribution in [3.8, 4) is 0 Å². The van der Waals surface area contributed by atoms with Gasteiger partial charge in [0.2, 0.25) is 0 Å². The smallest absolute Gasteiger partial charge is 0.379 e. The summed E-state index contributed by atoms with van der Waals surface area (Å²) in [5, 5.41) is 0. The lowest BCUT2D eigenvalue weighted by molar-refractivity contribution is -0.139. The molecule has 1 aliphatic heterocycles. The Kier molecular flexibility index (Phi) is 19.8. The van der Waals surface area contributed by atoms with Crippen LogP contribution >= 0.6 is 0 Å². The summed E-state index contributed by atoms with van der Waals surface area (Å²) in [6, 6.07) is 15.0. The first-order valence-electron chi connectivity index (χ1n) is 15.9. The molecule has 3 rings (SSSR count). The molecule has 1 heterocycles. The van der Waals surface area contributed by atoms with Crippen molar-refractivity contribution >= 4 is 23.6 Å². The van der Waals surface area contributed by atoms with E-state index in [1.54, 1.807) is 54.6 Å². The second-order valence-electron chi connectivity index (χ2n) is 10.0. The third-order valence-corrected chi connectivity index (χ3v) is 6.62. The van der Waals surface area contributed by atoms with Crippen molar-refractivity contribution in [1.29, 1.82) is 0 Å². The molecule has 0 fully saturated rings. The third kappa shape index (κ3) is 15.1. The average molecular weight is 676 g/mol. The largest absolute Gasteiger partial charge is 0.457 e. The van der Waals surface area contributed by atoms with Gasteiger partial charge in [0.15, 0.2) is 0 Å². The van der Waals surface area contributed by atoms with E-state index < -0.39 is 11.8 Å². The zero-order chi connectivity index (χ0) is 34.1. The number of carbonyl (C=O) groups is 4. The summed E-state index contributed by atoms with van der Waals surface area (Å²) < 4.78 is 48.4. The van der Waals surface area contributed by atoms with Gasteiger partial charge in [0.25, 0.3) is 17.6 Å². The van der Waals surface area contributed by atoms with Crippen LogP contribution in [0.1, 0.15) is 31.1 Å². The Balaban J connectivity index is 0.957. The average Bonchev–Trinajstić information content (AvgIpc) is 3.36. The van der Waals surface area contributed by atoms with Crippen molar-refractivity contribution in [1.82, 2.24) is 4.90 Å². The van der Waals surface area contributed by atoms with Crippen molar-refractivity contribution in [3.63, 3.8) is 0 Å². The van der Waals surface area contributed by atoms with Gasteiger partial charge in [-0.2, -0.15) is 0 Å². The van der Waals surface area contributed by atoms with Crippen LogP contribution in [-0.2, 0) is 47.4 Å². The van der Waals surface area contributed by atoms with Crippen LogP contribution in [0, 0.1) is 0 Å². The van der Waals surface area contributed by atoms with E-state index in [9.17, 15) is 19.2 Å². The van der Waals surface area contributed by atoms with Crippen molar-refractivity contribution in [2.45, 2.75) is 0 Å². The summed E-state index contributed by atoms with van der Waals surface area (Å²) in [5.41, 5.74) is 1.16. The zero-order valence-corrected chi connectivity index (χ0v) is 27.2. The zero-order valence-electron chi connectivity index (χ0n) is 27.2. The standard InChI is InChI=1S/C34H45NO13/c36-31(28-6-2-1-3-7-28)34(39)48-27-26-47-25-24-46-23-22-45-21-20-44-19-18-43-17-16-42-15-14-41-13-12-40-11-10-35-32(37)29-8-4-5-9-30(29)33(35)38/h1-9H,10-27H2. The van der Waals surface area contributed by atoms with E-state index in [2.05, 4.69) is 0 Å². The summed E-state index contributed by atoms with van der Waals surface area (Å²) in [5.74, 6) is -2.16. The van der Waals surface area contributed by atoms with Gasteiger partial charge < -0.3 is 42.6 Å². The number of benzene rings is 2. The van der Waals surface area contributed by atoms with Crippen LogP contribution in [0.5, 0.6) is 0 Å². The normalized spacial score (nSPS) is 12.5. The van der Waals surface area contributed by atoms with Gasteiger partial charge in [-0.25, -0.2) is 4.79 Å². The summed E-state index contributed by atoms with van der Waals surface area (Å²) in [7, 11) is 0. The van der Waals surface area contributed by atoms with Gasteiger partial charge in [-0.3, -0.25) is 19.3 Å². The maximum Gasteiger partial charge on any atom is 0.379 e. The predicted molar refractivity (Wildman–Crippen MR) is 170 cm³/mol. The van der Waals surface area contributed by atoms with E-state index in [0.29, 0.717) is 104 Å². The van der Waals surface area contributed by atoms with Gasteiger partial charge in [0, 0.05) is 5.56 Å². The van der Waals surface area contributed by atoms with Gasteiger partial charge in [-0.05, 0) is 12.1 Å². The Morgan fingerprint density at radius 3 is 1.17 bits per heavy atom. The first kappa shape index (κ1) is 38.8. The number of esters is 1. The Hall–Kier alpha value is -3.60. The molecule has 0 unspecified atom stereocenters. The van der Waals surface area contributed by atoms with Gasteiger partial charge >= 0.3 is 5.97 Å². The highest BCUT2D eigenvalue weighted by Crippen LogP contribution is 2.21. The van der Waals surface area contributed by atoms with Gasteiger partial charge in [0.05, 0.1) is 123 Å². The topological polar surface area (TPSA) is 155 Å². The minimum Gasteiger partial charge on any atom is -0.457 e. The molecule has 2 aromatic rings. The van der Waals surface area contributed by atoms with Gasteiger partial charge in [0.1, 0.15) is 6.61 Å². The fourth-order valence-electron chi connectivity index (χ4n) is 4.21. The van der Waals surface area contributed by atoms with E-state index in [4.69, 9.17) is 42.6 Å². The molecular formula is C34H45NO13. The van der Waals surface area contributed by atoms with Crippen LogP contribution < -0.4 is 0 Å². The van der Waals surface area contributed by atoms with E-state index >= 15 is 0 Å². The number of fused-ring (bicyclic) bond motifs is 1. The highest BCUT2D eigenvalue weighted by molar-refractivity contribution is 6.40. The first-order valence-corrected chi connectivity index (χ1v) is 15.9. The minimum atomic E-state index is -0.905. The van der Waals surface area contributed by atoms with Crippen LogP contribution in [0.15, 0.2) is 54.6 Å². The maximum absolute atomic E-state index is 12.3. The molecule has 0 aliphatic carbocycles. The minimum absolute atomic E-state index is 0.0115. The number of ketones is 1. The summed E-state index contributed by atoms with van der Waals surface area (Å²) >= 11 is 0. The number of hydrogen-bond donors (Lipinski definition) is 0. The molecule has 48 heavy (non-hydrogen) atoms. The van der Waals surface area contributed by atoms with Crippen molar-refractivity contribution < 1.29 is 61.8 Å². The van der Waals surface area contributed by atoms with Crippen LogP contribution in [0.25, 0.3) is 0 Å². The van der Waals surface area contributed by atoms with E-state index in [1.165, 1.54) is 4.90 Å². The number of carbonyl (C=O) groups excluding carboxylic acids is 4. The summed E-state index contributed by atoms with van der Waals surface area (Å²) in [6.07, 6.45) is 0. The Bertz CT molecular complexity index is 1190. The fraction of sp³-hybridized carbons (Fsp3) is 0.529. The van der Waals surface area contributed by atoms with Crippen molar-refractivity contribution in [2.75, 3.05) is 119 Å². The highest BCUT2D eigenvalue weighted by atomic mass is 16.6. The quantitative estimate of drug-likeness (QED) is 0.0405. The molecule has 0 radical (unpaired) electrons. The second kappa shape index (κ2) is 24.5. The number of Topliss-reactive ketones (excluding diaryl/α,β-unsaturated/α-hetero) is 1. The summed E-state index contributed by atoms with van der Waals surface area (Å²) in [6.45, 7) is 6.38. The van der Waals surface area contributed by atoms with Gasteiger partial charge in [-0.1, -0.05) is 42.5 Å². The molecule has 0 spiro atoms. The summed E-state index contributed by atoms with van der Waals surface area (Å²) in [4.78, 5) is 49.4. The van der Waals surface area contributed by atoms with Gasteiger partial charge in [-0.15, -0.1) is 0 Å². The second-order valence-corrected chi connectivity index (χ2v) is 10.0. The third-order valence-electron chi connectivity index (χ3n) is 6.62. The highest BCUT2D eigenvalue weighted by Gasteiger charge is 2.34. The number of hydrogen-bond acceptors (Lipinski definition) is 13. The van der Waals surface area contributed by atoms with E-state index in [1.807, 2.05) is 0 Å². The van der Waals surface area contributed by atoms with Crippen LogP contribution in [0.4, 0.5) is 0 Å². The number of ether oxygens (including phenoxy) is 9. The van der Waals surface area contributed by atoms with E-state index in [0.717, 1.165) is 0 Å². The molecule has 0 bridgehead atoms. The molecule has 14 heteroatoms. The van der Waals surface area contributed by atoms with E-state index in [-0.39, 0.29) is 43.7 Å².